The largest absolute Gasteiger partial charge is 0.390 e. The number of halogens is 4. The van der Waals surface area contributed by atoms with Gasteiger partial charge in [0, 0.05) is 78.3 Å². The number of amides is 2. The van der Waals surface area contributed by atoms with Crippen molar-refractivity contribution in [3.05, 3.63) is 12.9 Å². The fourth-order valence-corrected chi connectivity index (χ4v) is 0.338. The van der Waals surface area contributed by atoms with Crippen LogP contribution in [0.15, 0.2) is 0 Å². The van der Waals surface area contributed by atoms with E-state index in [0.29, 0.717) is 0 Å². The molecule has 0 unspecified atom stereocenters. The first-order valence-electron chi connectivity index (χ1n) is 2.87. The van der Waals surface area contributed by atoms with E-state index in [2.05, 4.69) is 0 Å². The molecule has 0 spiro atoms. The van der Waals surface area contributed by atoms with Crippen molar-refractivity contribution in [2.75, 3.05) is 6.67 Å². The Hall–Kier alpha value is 0.608. The second-order valence-electron chi connectivity index (χ2n) is 1.71. The van der Waals surface area contributed by atoms with Crippen LogP contribution in [0.1, 0.15) is 0 Å². The van der Waals surface area contributed by atoms with Crippen LogP contribution in [0.5, 0.6) is 0 Å². The zero-order valence-corrected chi connectivity index (χ0v) is 12.9. The van der Waals surface area contributed by atoms with Gasteiger partial charge in [-0.1, -0.05) is 0 Å². The van der Waals surface area contributed by atoms with Crippen molar-refractivity contribution in [2.24, 2.45) is 0 Å². The van der Waals surface area contributed by atoms with E-state index in [9.17, 15) is 27.2 Å². The molecule has 0 bridgehead atoms. The first-order chi connectivity index (χ1) is 5.95. The van der Waals surface area contributed by atoms with Gasteiger partial charge in [0.15, 0.2) is 0 Å². The van der Waals surface area contributed by atoms with E-state index in [-0.39, 0.29) is 65.4 Å². The summed E-state index contributed by atoms with van der Waals surface area (Å²) in [5, 5.41) is 2.93. The third-order valence-corrected chi connectivity index (χ3v) is 0.841. The maximum Gasteiger partial charge on any atom is 0.145 e. The molecule has 0 fully saturated rings. The molecule has 0 aromatic carbocycles. The van der Waals surface area contributed by atoms with Crippen molar-refractivity contribution in [2.45, 2.75) is 0 Å². The topological polar surface area (TPSA) is 58.2 Å². The summed E-state index contributed by atoms with van der Waals surface area (Å²) in [5.41, 5.74) is 0. The second kappa shape index (κ2) is 11.1. The molecule has 0 aliphatic heterocycles. The van der Waals surface area contributed by atoms with Crippen LogP contribution in [0.2, 0.25) is 0 Å². The SMILES string of the molecule is O=C(NCNC(=O)[C-](F)F)[C-](F)F.[Y].[Y]. The molecular weight excluding hydrogens is 374 g/mol. The van der Waals surface area contributed by atoms with E-state index in [4.69, 9.17) is 0 Å². The minimum Gasteiger partial charge on any atom is -0.390 e. The van der Waals surface area contributed by atoms with Crippen molar-refractivity contribution in [1.82, 2.24) is 10.6 Å². The minimum atomic E-state index is -2.51. The number of hydrogen-bond donors (Lipinski definition) is 2. The Morgan fingerprint density at radius 3 is 1.33 bits per heavy atom. The maximum atomic E-state index is 11.3. The van der Waals surface area contributed by atoms with E-state index < -0.39 is 31.3 Å². The Balaban J connectivity index is -0.000000720. The Kier molecular flexibility index (Phi) is 15.5. The van der Waals surface area contributed by atoms with E-state index in [1.54, 1.807) is 0 Å². The zero-order chi connectivity index (χ0) is 10.4. The molecule has 2 radical (unpaired) electrons. The van der Waals surface area contributed by atoms with Crippen molar-refractivity contribution >= 4 is 11.8 Å². The van der Waals surface area contributed by atoms with Gasteiger partial charge in [-0.25, -0.2) is 0 Å². The monoisotopic (exact) mass is 378 g/mol. The van der Waals surface area contributed by atoms with Crippen LogP contribution < -0.4 is 10.6 Å². The Labute approximate surface area is 133 Å². The number of carbonyl (C=O) groups is 2. The zero-order valence-electron chi connectivity index (χ0n) is 7.19. The summed E-state index contributed by atoms with van der Waals surface area (Å²) in [5.74, 6) is -3.45. The van der Waals surface area contributed by atoms with Gasteiger partial charge < -0.3 is 37.8 Å². The summed E-state index contributed by atoms with van der Waals surface area (Å²) in [7, 11) is 0. The maximum absolute atomic E-state index is 11.3. The predicted molar refractivity (Wildman–Crippen MR) is 32.1 cm³/mol. The van der Waals surface area contributed by atoms with Crippen molar-refractivity contribution in [3.63, 3.8) is 0 Å². The molecule has 0 aromatic rings. The molecule has 15 heavy (non-hydrogen) atoms. The Morgan fingerprint density at radius 2 is 1.13 bits per heavy atom. The van der Waals surface area contributed by atoms with Crippen LogP contribution in [-0.2, 0) is 75.0 Å². The molecule has 0 aliphatic rings. The van der Waals surface area contributed by atoms with Crippen molar-refractivity contribution in [3.8, 4) is 0 Å². The number of nitrogens with one attached hydrogen (secondary N) is 2. The van der Waals surface area contributed by atoms with Crippen LogP contribution in [0, 0.1) is 12.9 Å². The first-order valence-corrected chi connectivity index (χ1v) is 2.87. The number of rotatable bonds is 4. The summed E-state index contributed by atoms with van der Waals surface area (Å²) in [4.78, 5) is 20.1. The summed E-state index contributed by atoms with van der Waals surface area (Å²) in [6.45, 7) is -0.785. The predicted octanol–water partition coefficient (Wildman–Crippen LogP) is 0.0283. The van der Waals surface area contributed by atoms with Gasteiger partial charge in [-0.3, -0.25) is 0 Å². The van der Waals surface area contributed by atoms with Crippen LogP contribution >= 0.6 is 0 Å². The van der Waals surface area contributed by atoms with Crippen molar-refractivity contribution < 1.29 is 92.6 Å². The third-order valence-electron chi connectivity index (χ3n) is 0.841. The number of hydrogen-bond acceptors (Lipinski definition) is 2. The summed E-state index contributed by atoms with van der Waals surface area (Å²) in [6, 6.07) is 0. The third kappa shape index (κ3) is 10.9. The standard InChI is InChI=1S/C5H4F4N2O2.2Y/c6-2(7)4(12)10-1-11-5(13)3(8)9;;/h1H2,(H,10,12)(H,11,13);;/q-2;;. The van der Waals surface area contributed by atoms with E-state index in [1.165, 1.54) is 10.6 Å². The molecule has 4 nitrogen and oxygen atoms in total. The molecule has 0 rings (SSSR count). The Morgan fingerprint density at radius 1 is 0.867 bits per heavy atom. The molecule has 10 heteroatoms. The molecule has 0 saturated heterocycles. The molecule has 82 valence electrons. The molecule has 0 atom stereocenters. The average molecular weight is 378 g/mol. The van der Waals surface area contributed by atoms with E-state index in [1.807, 2.05) is 0 Å². The Bertz CT molecular complexity index is 185. The number of carbonyl (C=O) groups excluding carboxylic acids is 2. The van der Waals surface area contributed by atoms with Gasteiger partial charge >= 0.3 is 0 Å². The fraction of sp³-hybridized carbons (Fsp3) is 0.200. The van der Waals surface area contributed by atoms with Crippen LogP contribution in [0.25, 0.3) is 0 Å². The van der Waals surface area contributed by atoms with E-state index in [0.717, 1.165) is 0 Å². The van der Waals surface area contributed by atoms with Crippen LogP contribution in [-0.4, -0.2) is 18.5 Å². The first kappa shape index (κ1) is 21.0. The van der Waals surface area contributed by atoms with Gasteiger partial charge in [0.1, 0.15) is 11.8 Å². The van der Waals surface area contributed by atoms with Crippen LogP contribution in [0.4, 0.5) is 17.6 Å². The molecule has 0 aromatic heterocycles. The van der Waals surface area contributed by atoms with Gasteiger partial charge in [-0.15, -0.1) is 0 Å². The van der Waals surface area contributed by atoms with Crippen molar-refractivity contribution in [1.29, 1.82) is 0 Å². The van der Waals surface area contributed by atoms with Gasteiger partial charge in [0.2, 0.25) is 0 Å². The quantitative estimate of drug-likeness (QED) is 0.412. The summed E-state index contributed by atoms with van der Waals surface area (Å²) in [6.07, 6.45) is -5.03. The second-order valence-corrected chi connectivity index (χ2v) is 1.71. The molecule has 0 heterocycles. The molecule has 0 aliphatic carbocycles. The molecule has 2 amide bonds. The molecular formula is C5H4F4N2O2Y2-2. The summed E-state index contributed by atoms with van der Waals surface area (Å²) >= 11 is 0. The smallest absolute Gasteiger partial charge is 0.145 e. The fourth-order valence-electron chi connectivity index (χ4n) is 0.338. The molecule has 0 saturated carbocycles. The van der Waals surface area contributed by atoms with Gasteiger partial charge in [0.25, 0.3) is 0 Å². The van der Waals surface area contributed by atoms with Gasteiger partial charge in [-0.05, 0) is 0 Å². The van der Waals surface area contributed by atoms with Gasteiger partial charge in [0.05, 0.1) is 6.67 Å². The van der Waals surface area contributed by atoms with Gasteiger partial charge in [-0.2, -0.15) is 0 Å². The van der Waals surface area contributed by atoms with E-state index >= 15 is 0 Å². The summed E-state index contributed by atoms with van der Waals surface area (Å²) < 4.78 is 45.4. The average Bonchev–Trinajstić information content (AvgIpc) is 2.03. The van der Waals surface area contributed by atoms with Crippen LogP contribution in [0.3, 0.4) is 0 Å². The normalized spacial score (nSPS) is 7.73. The minimum absolute atomic E-state index is 0. The molecule has 2 N–H and O–H groups in total.